The zero-order valence-corrected chi connectivity index (χ0v) is 12.0. The van der Waals surface area contributed by atoms with Gasteiger partial charge in [0.1, 0.15) is 22.3 Å². The standard InChI is InChI=1S/C13H17FN2O3S/c1-2-3-8-19-9-7-16-20(17,18)13-6-4-5-12(14)11(13)10-15/h4-6,16H,2-3,7-9H2,1H3. The quantitative estimate of drug-likeness (QED) is 0.742. The number of hydrogen-bond acceptors (Lipinski definition) is 4. The molecule has 0 aliphatic heterocycles. The van der Waals surface area contributed by atoms with E-state index in [2.05, 4.69) is 4.72 Å². The van der Waals surface area contributed by atoms with Gasteiger partial charge in [-0.2, -0.15) is 5.26 Å². The fourth-order valence-electron chi connectivity index (χ4n) is 1.51. The van der Waals surface area contributed by atoms with Gasteiger partial charge in [-0.15, -0.1) is 0 Å². The summed E-state index contributed by atoms with van der Waals surface area (Å²) in [5.41, 5.74) is -0.480. The van der Waals surface area contributed by atoms with Crippen LogP contribution in [0.15, 0.2) is 23.1 Å². The molecule has 0 aliphatic rings. The summed E-state index contributed by atoms with van der Waals surface area (Å²) in [6, 6.07) is 5.06. The highest BCUT2D eigenvalue weighted by molar-refractivity contribution is 7.89. The predicted molar refractivity (Wildman–Crippen MR) is 72.0 cm³/mol. The molecule has 0 aliphatic carbocycles. The van der Waals surface area contributed by atoms with Crippen molar-refractivity contribution in [1.82, 2.24) is 4.72 Å². The average molecular weight is 300 g/mol. The summed E-state index contributed by atoms with van der Waals surface area (Å²) in [7, 11) is -3.91. The van der Waals surface area contributed by atoms with Crippen molar-refractivity contribution in [3.8, 4) is 6.07 Å². The van der Waals surface area contributed by atoms with Gasteiger partial charge in [-0.3, -0.25) is 0 Å². The average Bonchev–Trinajstić information content (AvgIpc) is 2.42. The molecule has 0 fully saturated rings. The maximum absolute atomic E-state index is 13.4. The Hall–Kier alpha value is -1.49. The van der Waals surface area contributed by atoms with Crippen molar-refractivity contribution >= 4 is 10.0 Å². The summed E-state index contributed by atoms with van der Waals surface area (Å²) in [5.74, 6) is -0.852. The van der Waals surface area contributed by atoms with Crippen LogP contribution >= 0.6 is 0 Å². The molecule has 0 amide bonds. The van der Waals surface area contributed by atoms with Crippen molar-refractivity contribution in [2.24, 2.45) is 0 Å². The Morgan fingerprint density at radius 2 is 2.15 bits per heavy atom. The van der Waals surface area contributed by atoms with Crippen molar-refractivity contribution in [3.63, 3.8) is 0 Å². The van der Waals surface area contributed by atoms with Crippen molar-refractivity contribution in [1.29, 1.82) is 5.26 Å². The van der Waals surface area contributed by atoms with Gasteiger partial charge in [0, 0.05) is 13.2 Å². The van der Waals surface area contributed by atoms with E-state index in [1.807, 2.05) is 6.92 Å². The normalized spacial score (nSPS) is 11.2. The molecule has 5 nitrogen and oxygen atoms in total. The Kier molecular flexibility index (Phi) is 6.58. The summed E-state index contributed by atoms with van der Waals surface area (Å²) in [6.45, 7) is 2.91. The van der Waals surface area contributed by atoms with E-state index in [4.69, 9.17) is 10.00 Å². The molecule has 1 aromatic rings. The van der Waals surface area contributed by atoms with Crippen LogP contribution in [0.3, 0.4) is 0 Å². The smallest absolute Gasteiger partial charge is 0.242 e. The lowest BCUT2D eigenvalue weighted by Gasteiger charge is -2.09. The summed E-state index contributed by atoms with van der Waals surface area (Å²) < 4.78 is 44.8. The van der Waals surface area contributed by atoms with Crippen molar-refractivity contribution in [3.05, 3.63) is 29.6 Å². The van der Waals surface area contributed by atoms with Gasteiger partial charge in [0.2, 0.25) is 10.0 Å². The third-order valence-electron chi connectivity index (χ3n) is 2.56. The Bertz CT molecular complexity index is 582. The highest BCUT2D eigenvalue weighted by Gasteiger charge is 2.20. The highest BCUT2D eigenvalue weighted by atomic mass is 32.2. The Morgan fingerprint density at radius 1 is 1.40 bits per heavy atom. The molecule has 0 saturated heterocycles. The summed E-state index contributed by atoms with van der Waals surface area (Å²) in [5, 5.41) is 8.82. The molecular formula is C13H17FN2O3S. The number of ether oxygens (including phenoxy) is 1. The number of sulfonamides is 1. The number of nitriles is 1. The zero-order valence-electron chi connectivity index (χ0n) is 11.2. The summed E-state index contributed by atoms with van der Waals surface area (Å²) in [4.78, 5) is -0.353. The lowest BCUT2D eigenvalue weighted by atomic mass is 10.2. The molecule has 0 radical (unpaired) electrons. The second-order valence-electron chi connectivity index (χ2n) is 4.09. The van der Waals surface area contributed by atoms with E-state index < -0.39 is 21.4 Å². The SMILES string of the molecule is CCCCOCCNS(=O)(=O)c1cccc(F)c1C#N. The van der Waals surface area contributed by atoms with Gasteiger partial charge >= 0.3 is 0 Å². The topological polar surface area (TPSA) is 79.2 Å². The number of benzene rings is 1. The van der Waals surface area contributed by atoms with Crippen molar-refractivity contribution in [2.45, 2.75) is 24.7 Å². The Balaban J connectivity index is 2.66. The van der Waals surface area contributed by atoms with Crippen LogP contribution in [0, 0.1) is 17.1 Å². The summed E-state index contributed by atoms with van der Waals surface area (Å²) >= 11 is 0. The molecule has 110 valence electrons. The lowest BCUT2D eigenvalue weighted by Crippen LogP contribution is -2.28. The molecule has 0 heterocycles. The number of rotatable bonds is 8. The first kappa shape index (κ1) is 16.6. The maximum atomic E-state index is 13.4. The van der Waals surface area contributed by atoms with E-state index in [1.165, 1.54) is 12.1 Å². The Labute approximate surface area is 118 Å². The maximum Gasteiger partial charge on any atom is 0.242 e. The van der Waals surface area contributed by atoms with Crippen LogP contribution in [0.2, 0.25) is 0 Å². The molecule has 0 saturated carbocycles. The van der Waals surface area contributed by atoms with Gasteiger partial charge in [-0.05, 0) is 18.6 Å². The molecule has 0 bridgehead atoms. The molecule has 0 unspecified atom stereocenters. The van der Waals surface area contributed by atoms with Crippen molar-refractivity contribution < 1.29 is 17.5 Å². The van der Waals surface area contributed by atoms with E-state index in [-0.39, 0.29) is 18.0 Å². The number of unbranched alkanes of at least 4 members (excludes halogenated alkanes) is 1. The third kappa shape index (κ3) is 4.56. The number of nitrogens with zero attached hydrogens (tertiary/aromatic N) is 1. The van der Waals surface area contributed by atoms with Gasteiger partial charge in [0.15, 0.2) is 0 Å². The molecule has 1 N–H and O–H groups in total. The van der Waals surface area contributed by atoms with Crippen LogP contribution in [0.5, 0.6) is 0 Å². The van der Waals surface area contributed by atoms with Gasteiger partial charge < -0.3 is 4.74 Å². The van der Waals surface area contributed by atoms with Crippen LogP contribution < -0.4 is 4.72 Å². The number of nitrogens with one attached hydrogen (secondary N) is 1. The van der Waals surface area contributed by atoms with E-state index >= 15 is 0 Å². The molecule has 20 heavy (non-hydrogen) atoms. The van der Waals surface area contributed by atoms with Crippen LogP contribution in [0.1, 0.15) is 25.3 Å². The molecule has 0 spiro atoms. The van der Waals surface area contributed by atoms with Crippen LogP contribution in [-0.4, -0.2) is 28.2 Å². The monoisotopic (exact) mass is 300 g/mol. The van der Waals surface area contributed by atoms with Crippen molar-refractivity contribution in [2.75, 3.05) is 19.8 Å². The van der Waals surface area contributed by atoms with E-state index in [9.17, 15) is 12.8 Å². The largest absolute Gasteiger partial charge is 0.380 e. The van der Waals surface area contributed by atoms with Crippen LogP contribution in [0.4, 0.5) is 4.39 Å². The molecule has 0 atom stereocenters. The summed E-state index contributed by atoms with van der Waals surface area (Å²) in [6.07, 6.45) is 1.91. The molecular weight excluding hydrogens is 283 g/mol. The lowest BCUT2D eigenvalue weighted by molar-refractivity contribution is 0.136. The minimum atomic E-state index is -3.91. The first-order chi connectivity index (χ1) is 9.53. The first-order valence-electron chi connectivity index (χ1n) is 6.29. The van der Waals surface area contributed by atoms with Gasteiger partial charge in [0.05, 0.1) is 6.61 Å². The Morgan fingerprint density at radius 3 is 2.80 bits per heavy atom. The minimum Gasteiger partial charge on any atom is -0.380 e. The molecule has 7 heteroatoms. The fraction of sp³-hybridized carbons (Fsp3) is 0.462. The van der Waals surface area contributed by atoms with E-state index in [0.717, 1.165) is 18.9 Å². The zero-order chi connectivity index (χ0) is 15.0. The highest BCUT2D eigenvalue weighted by Crippen LogP contribution is 2.17. The van der Waals surface area contributed by atoms with Gasteiger partial charge in [0.25, 0.3) is 0 Å². The fourth-order valence-corrected chi connectivity index (χ4v) is 2.69. The van der Waals surface area contributed by atoms with E-state index in [1.54, 1.807) is 6.07 Å². The molecule has 0 aromatic heterocycles. The van der Waals surface area contributed by atoms with Gasteiger partial charge in [-0.25, -0.2) is 17.5 Å². The first-order valence-corrected chi connectivity index (χ1v) is 7.77. The second kappa shape index (κ2) is 7.94. The van der Waals surface area contributed by atoms with E-state index in [0.29, 0.717) is 6.61 Å². The predicted octanol–water partition coefficient (Wildman–Crippen LogP) is 1.79. The number of halogens is 1. The molecule has 1 rings (SSSR count). The van der Waals surface area contributed by atoms with Crippen LogP contribution in [-0.2, 0) is 14.8 Å². The minimum absolute atomic E-state index is 0.0768. The molecule has 1 aromatic carbocycles. The van der Waals surface area contributed by atoms with Gasteiger partial charge in [-0.1, -0.05) is 19.4 Å². The van der Waals surface area contributed by atoms with Crippen LogP contribution in [0.25, 0.3) is 0 Å². The second-order valence-corrected chi connectivity index (χ2v) is 5.82. The number of hydrogen-bond donors (Lipinski definition) is 1. The third-order valence-corrected chi connectivity index (χ3v) is 4.06.